The zero-order valence-electron chi connectivity index (χ0n) is 21.2. The van der Waals surface area contributed by atoms with Gasteiger partial charge >= 0.3 is 0 Å². The van der Waals surface area contributed by atoms with Gasteiger partial charge in [0, 0.05) is 30.8 Å². The maximum Gasteiger partial charge on any atom is 0.269 e. The third kappa shape index (κ3) is 5.74. The average molecular weight is 529 g/mol. The standard InChI is InChI=1S/C28H28N6O3S/c1-17-13-20(15-29)14-18(2)25(17)37-27-26-24(11-12-38-26)32-28(33-27)31-22-7-5-21(6-8-22)30-16-19-3-9-23(10-4-19)34(35)36/h3-4,9-14,21-22,30H,5-8,16H2,1-2H3,(H,31,32,33). The van der Waals surface area contributed by atoms with Gasteiger partial charge in [-0.2, -0.15) is 10.2 Å². The fourth-order valence-electron chi connectivity index (χ4n) is 4.86. The molecule has 4 aromatic rings. The van der Waals surface area contributed by atoms with Crippen molar-refractivity contribution in [1.29, 1.82) is 5.26 Å². The Hall–Kier alpha value is -4.07. The molecule has 0 unspecified atom stereocenters. The summed E-state index contributed by atoms with van der Waals surface area (Å²) in [6.45, 7) is 4.56. The van der Waals surface area contributed by atoms with E-state index >= 15 is 0 Å². The molecule has 2 aromatic heterocycles. The first-order valence-corrected chi connectivity index (χ1v) is 13.5. The van der Waals surface area contributed by atoms with Gasteiger partial charge in [-0.1, -0.05) is 12.1 Å². The number of hydrogen-bond donors (Lipinski definition) is 2. The van der Waals surface area contributed by atoms with Crippen LogP contribution in [0, 0.1) is 35.3 Å². The molecule has 9 nitrogen and oxygen atoms in total. The summed E-state index contributed by atoms with van der Waals surface area (Å²) >= 11 is 1.54. The molecule has 0 atom stereocenters. The van der Waals surface area contributed by atoms with E-state index in [1.165, 1.54) is 0 Å². The summed E-state index contributed by atoms with van der Waals surface area (Å²) in [6.07, 6.45) is 3.98. The third-order valence-corrected chi connectivity index (χ3v) is 7.75. The van der Waals surface area contributed by atoms with Gasteiger partial charge in [0.25, 0.3) is 5.69 Å². The van der Waals surface area contributed by atoms with Crippen molar-refractivity contribution in [2.45, 2.75) is 58.2 Å². The number of nitrogens with zero attached hydrogens (tertiary/aromatic N) is 4. The van der Waals surface area contributed by atoms with Crippen LogP contribution in [-0.4, -0.2) is 27.0 Å². The predicted octanol–water partition coefficient (Wildman–Crippen LogP) is 6.39. The summed E-state index contributed by atoms with van der Waals surface area (Å²) in [6, 6.07) is 15.2. The summed E-state index contributed by atoms with van der Waals surface area (Å²) in [5.41, 5.74) is 4.37. The van der Waals surface area contributed by atoms with E-state index in [1.54, 1.807) is 35.6 Å². The maximum absolute atomic E-state index is 10.8. The molecule has 2 heterocycles. The predicted molar refractivity (Wildman–Crippen MR) is 148 cm³/mol. The van der Waals surface area contributed by atoms with Crippen LogP contribution in [-0.2, 0) is 6.54 Å². The van der Waals surface area contributed by atoms with E-state index in [2.05, 4.69) is 16.7 Å². The van der Waals surface area contributed by atoms with Gasteiger partial charge in [0.1, 0.15) is 10.4 Å². The molecule has 0 radical (unpaired) electrons. The summed E-state index contributed by atoms with van der Waals surface area (Å²) in [5, 5.41) is 29.2. The second-order valence-electron chi connectivity index (χ2n) is 9.64. The Labute approximate surface area is 224 Å². The zero-order valence-corrected chi connectivity index (χ0v) is 22.0. The van der Waals surface area contributed by atoms with Gasteiger partial charge in [0.15, 0.2) is 0 Å². The monoisotopic (exact) mass is 528 g/mol. The fraction of sp³-hybridized carbons (Fsp3) is 0.321. The highest BCUT2D eigenvalue weighted by molar-refractivity contribution is 7.17. The maximum atomic E-state index is 10.8. The van der Waals surface area contributed by atoms with E-state index < -0.39 is 0 Å². The first kappa shape index (κ1) is 25.6. The van der Waals surface area contributed by atoms with E-state index in [0.29, 0.717) is 35.7 Å². The smallest absolute Gasteiger partial charge is 0.269 e. The fourth-order valence-corrected chi connectivity index (χ4v) is 5.62. The van der Waals surface area contributed by atoms with Crippen molar-refractivity contribution in [2.24, 2.45) is 0 Å². The molecule has 1 aliphatic rings. The molecule has 2 N–H and O–H groups in total. The van der Waals surface area contributed by atoms with Crippen LogP contribution in [0.1, 0.15) is 47.9 Å². The van der Waals surface area contributed by atoms with Crippen LogP contribution in [0.15, 0.2) is 47.8 Å². The van der Waals surface area contributed by atoms with Gasteiger partial charge < -0.3 is 15.4 Å². The van der Waals surface area contributed by atoms with Crippen molar-refractivity contribution < 1.29 is 9.66 Å². The Bertz CT molecular complexity index is 1480. The number of nitriles is 1. The topological polar surface area (TPSA) is 126 Å². The quantitative estimate of drug-likeness (QED) is 0.199. The largest absolute Gasteiger partial charge is 0.437 e. The van der Waals surface area contributed by atoms with E-state index in [0.717, 1.165) is 52.6 Å². The van der Waals surface area contributed by atoms with Crippen LogP contribution in [0.3, 0.4) is 0 Å². The number of nitrogens with one attached hydrogen (secondary N) is 2. The highest BCUT2D eigenvalue weighted by Crippen LogP contribution is 2.36. The van der Waals surface area contributed by atoms with Crippen LogP contribution in [0.4, 0.5) is 11.6 Å². The number of nitro benzene ring substituents is 1. The normalized spacial score (nSPS) is 17.2. The number of aryl methyl sites for hydroxylation is 2. The number of rotatable bonds is 8. The highest BCUT2D eigenvalue weighted by atomic mass is 32.1. The van der Waals surface area contributed by atoms with Gasteiger partial charge in [-0.3, -0.25) is 10.1 Å². The first-order chi connectivity index (χ1) is 18.4. The molecule has 38 heavy (non-hydrogen) atoms. The zero-order chi connectivity index (χ0) is 26.6. The lowest BCUT2D eigenvalue weighted by Crippen LogP contribution is -2.36. The molecule has 0 spiro atoms. The second kappa shape index (κ2) is 11.1. The number of thiophene rings is 1. The first-order valence-electron chi connectivity index (χ1n) is 12.6. The molecular weight excluding hydrogens is 500 g/mol. The Kier molecular flexibility index (Phi) is 7.49. The van der Waals surface area contributed by atoms with E-state index in [9.17, 15) is 15.4 Å². The molecule has 5 rings (SSSR count). The molecule has 1 saturated carbocycles. The van der Waals surface area contributed by atoms with E-state index in [-0.39, 0.29) is 16.7 Å². The van der Waals surface area contributed by atoms with Crippen molar-refractivity contribution in [3.63, 3.8) is 0 Å². The molecular formula is C28H28N6O3S. The molecule has 0 saturated heterocycles. The Morgan fingerprint density at radius 3 is 2.42 bits per heavy atom. The highest BCUT2D eigenvalue weighted by Gasteiger charge is 2.23. The molecule has 0 bridgehead atoms. The number of nitro groups is 1. The minimum Gasteiger partial charge on any atom is -0.437 e. The van der Waals surface area contributed by atoms with Gasteiger partial charge in [-0.05, 0) is 79.8 Å². The molecule has 0 aliphatic heterocycles. The van der Waals surface area contributed by atoms with E-state index in [1.807, 2.05) is 37.4 Å². The van der Waals surface area contributed by atoms with Crippen LogP contribution < -0.4 is 15.4 Å². The molecule has 194 valence electrons. The number of non-ortho nitro benzene ring substituents is 1. The average Bonchev–Trinajstić information content (AvgIpc) is 3.39. The Morgan fingerprint density at radius 1 is 1.08 bits per heavy atom. The molecule has 1 fully saturated rings. The van der Waals surface area contributed by atoms with E-state index in [4.69, 9.17) is 14.7 Å². The SMILES string of the molecule is Cc1cc(C#N)cc(C)c1Oc1nc(NC2CCC(NCc3ccc([N+](=O)[O-])cc3)CC2)nc2ccsc12. The van der Waals surface area contributed by atoms with Crippen molar-refractivity contribution in [2.75, 3.05) is 5.32 Å². The van der Waals surface area contributed by atoms with Crippen molar-refractivity contribution in [1.82, 2.24) is 15.3 Å². The summed E-state index contributed by atoms with van der Waals surface area (Å²) in [4.78, 5) is 19.9. The van der Waals surface area contributed by atoms with Gasteiger partial charge in [0.05, 0.1) is 22.1 Å². The Morgan fingerprint density at radius 2 is 1.76 bits per heavy atom. The minimum atomic E-state index is -0.379. The second-order valence-corrected chi connectivity index (χ2v) is 10.6. The molecule has 2 aromatic carbocycles. The number of aromatic nitrogens is 2. The van der Waals surface area contributed by atoms with Gasteiger partial charge in [-0.15, -0.1) is 11.3 Å². The number of ether oxygens (including phenoxy) is 1. The minimum absolute atomic E-state index is 0.110. The van der Waals surface area contributed by atoms with Crippen LogP contribution in [0.2, 0.25) is 0 Å². The Balaban J connectivity index is 1.22. The van der Waals surface area contributed by atoms with Crippen molar-refractivity contribution >= 4 is 33.2 Å². The number of hydrogen-bond acceptors (Lipinski definition) is 9. The third-order valence-electron chi connectivity index (χ3n) is 6.86. The van der Waals surface area contributed by atoms with Crippen molar-refractivity contribution in [3.8, 4) is 17.7 Å². The lowest BCUT2D eigenvalue weighted by Gasteiger charge is -2.30. The lowest BCUT2D eigenvalue weighted by molar-refractivity contribution is -0.384. The van der Waals surface area contributed by atoms with Crippen molar-refractivity contribution in [3.05, 3.63) is 80.2 Å². The van der Waals surface area contributed by atoms with Gasteiger partial charge in [-0.25, -0.2) is 4.98 Å². The summed E-state index contributed by atoms with van der Waals surface area (Å²) in [7, 11) is 0. The molecule has 1 aliphatic carbocycles. The summed E-state index contributed by atoms with van der Waals surface area (Å²) < 4.78 is 7.20. The number of anilines is 1. The van der Waals surface area contributed by atoms with Gasteiger partial charge in [0.2, 0.25) is 11.8 Å². The van der Waals surface area contributed by atoms with Crippen LogP contribution >= 0.6 is 11.3 Å². The van der Waals surface area contributed by atoms with Crippen LogP contribution in [0.5, 0.6) is 11.6 Å². The molecule has 0 amide bonds. The molecule has 10 heteroatoms. The number of fused-ring (bicyclic) bond motifs is 1. The lowest BCUT2D eigenvalue weighted by atomic mass is 9.91. The van der Waals surface area contributed by atoms with Crippen LogP contribution in [0.25, 0.3) is 10.2 Å². The summed E-state index contributed by atoms with van der Waals surface area (Å²) in [5.74, 6) is 1.78. The number of benzene rings is 2.